The van der Waals surface area contributed by atoms with Gasteiger partial charge in [0, 0.05) is 24.7 Å². The van der Waals surface area contributed by atoms with Crippen molar-refractivity contribution < 1.29 is 5.11 Å². The first-order chi connectivity index (χ1) is 16.5. The Morgan fingerprint density at radius 3 is 2.35 bits per heavy atom. The number of aromatic nitrogens is 2. The van der Waals surface area contributed by atoms with Gasteiger partial charge in [0.15, 0.2) is 0 Å². The van der Waals surface area contributed by atoms with Crippen LogP contribution < -0.4 is 11.2 Å². The minimum Gasteiger partial charge on any atom is -0.390 e. The lowest BCUT2D eigenvalue weighted by molar-refractivity contribution is 0.0897. The highest BCUT2D eigenvalue weighted by Crippen LogP contribution is 2.19. The molecule has 0 radical (unpaired) electrons. The van der Waals surface area contributed by atoms with E-state index in [4.69, 9.17) is 11.6 Å². The van der Waals surface area contributed by atoms with E-state index in [9.17, 15) is 14.7 Å². The second-order valence-corrected chi connectivity index (χ2v) is 9.27. The van der Waals surface area contributed by atoms with Gasteiger partial charge in [-0.15, -0.1) is 0 Å². The summed E-state index contributed by atoms with van der Waals surface area (Å²) in [6.07, 6.45) is 0.0769. The fourth-order valence-electron chi connectivity index (χ4n) is 4.73. The third-order valence-electron chi connectivity index (χ3n) is 6.46. The normalized spacial score (nSPS) is 14.8. The van der Waals surface area contributed by atoms with Crippen molar-refractivity contribution in [2.24, 2.45) is 0 Å². The maximum absolute atomic E-state index is 13.4. The average molecular weight is 476 g/mol. The monoisotopic (exact) mass is 475 g/mol. The Hall–Kier alpha value is -3.19. The van der Waals surface area contributed by atoms with Gasteiger partial charge in [-0.2, -0.15) is 0 Å². The highest BCUT2D eigenvalue weighted by Gasteiger charge is 2.21. The van der Waals surface area contributed by atoms with Crippen LogP contribution >= 0.6 is 11.6 Å². The molecule has 0 fully saturated rings. The smallest absolute Gasteiger partial charge is 0.331 e. The summed E-state index contributed by atoms with van der Waals surface area (Å²) in [5.41, 5.74) is 3.26. The fraction of sp³-hybridized carbons (Fsp3) is 0.259. The van der Waals surface area contributed by atoms with Crippen molar-refractivity contribution in [3.8, 4) is 0 Å². The molecular formula is C27H26ClN3O3. The van der Waals surface area contributed by atoms with Gasteiger partial charge in [-0.25, -0.2) is 4.79 Å². The molecule has 3 aromatic carbocycles. The summed E-state index contributed by atoms with van der Waals surface area (Å²) < 4.78 is 2.75. The van der Waals surface area contributed by atoms with Crippen LogP contribution in [0.2, 0.25) is 5.02 Å². The predicted molar refractivity (Wildman–Crippen MR) is 134 cm³/mol. The van der Waals surface area contributed by atoms with E-state index in [1.165, 1.54) is 15.7 Å². The topological polar surface area (TPSA) is 67.5 Å². The maximum Gasteiger partial charge on any atom is 0.331 e. The number of hydrogen-bond donors (Lipinski definition) is 1. The molecule has 5 rings (SSSR count). The van der Waals surface area contributed by atoms with Gasteiger partial charge >= 0.3 is 5.69 Å². The van der Waals surface area contributed by atoms with Crippen molar-refractivity contribution in [3.05, 3.63) is 115 Å². The summed E-state index contributed by atoms with van der Waals surface area (Å²) in [6, 6.07) is 22.7. The molecule has 2 heterocycles. The van der Waals surface area contributed by atoms with Crippen molar-refractivity contribution >= 4 is 22.5 Å². The average Bonchev–Trinajstić information content (AvgIpc) is 2.85. The Balaban J connectivity index is 1.43. The number of para-hydroxylation sites is 1. The Bertz CT molecular complexity index is 1440. The molecule has 0 bridgehead atoms. The number of rotatable bonds is 6. The maximum atomic E-state index is 13.4. The first-order valence-electron chi connectivity index (χ1n) is 11.4. The fourth-order valence-corrected chi connectivity index (χ4v) is 4.86. The number of aliphatic hydroxyl groups excluding tert-OH is 1. The SMILES string of the molecule is O=c1c2ccccc2n(Cc2ccc(Cl)cc2)c(=O)n1C[C@H](O)CN1CCc2ccccc2C1. The number of fused-ring (bicyclic) bond motifs is 2. The van der Waals surface area contributed by atoms with Gasteiger partial charge in [0.2, 0.25) is 0 Å². The zero-order valence-electron chi connectivity index (χ0n) is 18.7. The third kappa shape index (κ3) is 4.57. The van der Waals surface area contributed by atoms with Gasteiger partial charge in [0.25, 0.3) is 5.56 Å². The van der Waals surface area contributed by atoms with Crippen molar-refractivity contribution in [2.75, 3.05) is 13.1 Å². The van der Waals surface area contributed by atoms with Crippen LogP contribution in [0.3, 0.4) is 0 Å². The molecule has 1 aliphatic heterocycles. The van der Waals surface area contributed by atoms with Gasteiger partial charge in [0.05, 0.1) is 30.1 Å². The highest BCUT2D eigenvalue weighted by atomic mass is 35.5. The minimum absolute atomic E-state index is 0.0543. The van der Waals surface area contributed by atoms with Crippen LogP contribution in [0.15, 0.2) is 82.4 Å². The number of β-amino-alcohol motifs (C(OH)–C–C–N with tert-alkyl or cyclic N) is 1. The molecule has 0 spiro atoms. The number of nitrogens with zero attached hydrogens (tertiary/aromatic N) is 3. The van der Waals surface area contributed by atoms with Crippen molar-refractivity contribution in [1.82, 2.24) is 14.0 Å². The van der Waals surface area contributed by atoms with Crippen LogP contribution in [-0.4, -0.2) is 38.3 Å². The molecule has 7 heteroatoms. The molecule has 1 atom stereocenters. The first kappa shape index (κ1) is 22.6. The summed E-state index contributed by atoms with van der Waals surface area (Å²) >= 11 is 6.01. The third-order valence-corrected chi connectivity index (χ3v) is 6.71. The largest absolute Gasteiger partial charge is 0.390 e. The van der Waals surface area contributed by atoms with Gasteiger partial charge in [0.1, 0.15) is 0 Å². The van der Waals surface area contributed by atoms with Crippen LogP contribution in [0.1, 0.15) is 16.7 Å². The Labute approximate surface area is 202 Å². The first-order valence-corrected chi connectivity index (χ1v) is 11.8. The predicted octanol–water partition coefficient (Wildman–Crippen LogP) is 3.28. The minimum atomic E-state index is -0.846. The molecule has 6 nitrogen and oxygen atoms in total. The molecule has 4 aromatic rings. The van der Waals surface area contributed by atoms with E-state index in [0.717, 1.165) is 25.1 Å². The molecule has 0 unspecified atom stereocenters. The summed E-state index contributed by atoms with van der Waals surface area (Å²) in [7, 11) is 0. The summed E-state index contributed by atoms with van der Waals surface area (Å²) in [5.74, 6) is 0. The molecule has 0 amide bonds. The van der Waals surface area contributed by atoms with Gasteiger partial charge in [-0.3, -0.25) is 18.8 Å². The summed E-state index contributed by atoms with van der Waals surface area (Å²) in [5, 5.41) is 11.9. The van der Waals surface area contributed by atoms with Crippen molar-refractivity contribution in [2.45, 2.75) is 32.2 Å². The highest BCUT2D eigenvalue weighted by molar-refractivity contribution is 6.30. The van der Waals surface area contributed by atoms with Crippen LogP contribution in [0, 0.1) is 0 Å². The molecule has 1 aromatic heterocycles. The Morgan fingerprint density at radius 2 is 1.56 bits per heavy atom. The Kier molecular flexibility index (Phi) is 6.37. The van der Waals surface area contributed by atoms with Gasteiger partial charge in [-0.05, 0) is 47.4 Å². The van der Waals surface area contributed by atoms with Gasteiger partial charge < -0.3 is 5.11 Å². The lowest BCUT2D eigenvalue weighted by atomic mass is 10.00. The molecule has 0 aliphatic carbocycles. The number of aliphatic hydroxyl groups is 1. The molecular weight excluding hydrogens is 450 g/mol. The standard InChI is InChI=1S/C27H26ClN3O3/c28-22-11-9-19(10-12-22)15-30-25-8-4-3-7-24(25)26(33)31(27(30)34)18-23(32)17-29-14-13-20-5-1-2-6-21(20)16-29/h1-12,23,32H,13-18H2/t23-/m1/s1. The molecule has 1 N–H and O–H groups in total. The molecule has 0 saturated carbocycles. The van der Waals surface area contributed by atoms with Crippen LogP contribution in [-0.2, 0) is 26.1 Å². The molecule has 1 aliphatic rings. The van der Waals surface area contributed by atoms with E-state index in [1.807, 2.05) is 30.3 Å². The quantitative estimate of drug-likeness (QED) is 0.464. The number of benzene rings is 3. The second-order valence-electron chi connectivity index (χ2n) is 8.84. The zero-order valence-corrected chi connectivity index (χ0v) is 19.5. The van der Waals surface area contributed by atoms with Crippen LogP contribution in [0.4, 0.5) is 0 Å². The van der Waals surface area contributed by atoms with E-state index in [2.05, 4.69) is 17.0 Å². The molecule has 0 saturated heterocycles. The van der Waals surface area contributed by atoms with Gasteiger partial charge in [-0.1, -0.05) is 60.1 Å². The number of halogens is 1. The van der Waals surface area contributed by atoms with Crippen LogP contribution in [0.5, 0.6) is 0 Å². The van der Waals surface area contributed by atoms with E-state index >= 15 is 0 Å². The molecule has 174 valence electrons. The van der Waals surface area contributed by atoms with Crippen LogP contribution in [0.25, 0.3) is 10.9 Å². The lowest BCUT2D eigenvalue weighted by Crippen LogP contribution is -2.45. The van der Waals surface area contributed by atoms with Crippen molar-refractivity contribution in [1.29, 1.82) is 0 Å². The Morgan fingerprint density at radius 1 is 0.853 bits per heavy atom. The summed E-state index contributed by atoms with van der Waals surface area (Å²) in [4.78, 5) is 28.8. The second kappa shape index (κ2) is 9.58. The zero-order chi connectivity index (χ0) is 23.7. The summed E-state index contributed by atoms with van der Waals surface area (Å²) in [6.45, 7) is 2.23. The van der Waals surface area contributed by atoms with E-state index in [1.54, 1.807) is 34.9 Å². The molecule has 34 heavy (non-hydrogen) atoms. The lowest BCUT2D eigenvalue weighted by Gasteiger charge is -2.30. The number of hydrogen-bond acceptors (Lipinski definition) is 4. The van der Waals surface area contributed by atoms with E-state index < -0.39 is 11.8 Å². The van der Waals surface area contributed by atoms with Crippen molar-refractivity contribution in [3.63, 3.8) is 0 Å². The van der Waals surface area contributed by atoms with E-state index in [-0.39, 0.29) is 12.1 Å². The van der Waals surface area contributed by atoms with E-state index in [0.29, 0.717) is 29.0 Å².